The van der Waals surface area contributed by atoms with Crippen molar-refractivity contribution < 1.29 is 0 Å². The van der Waals surface area contributed by atoms with Gasteiger partial charge in [-0.3, -0.25) is 9.88 Å². The van der Waals surface area contributed by atoms with E-state index >= 15 is 0 Å². The molecule has 0 amide bonds. The maximum absolute atomic E-state index is 6.13. The van der Waals surface area contributed by atoms with Gasteiger partial charge in [-0.1, -0.05) is 23.2 Å². The number of nitrogens with zero attached hydrogens (tertiary/aromatic N) is 5. The van der Waals surface area contributed by atoms with E-state index in [9.17, 15) is 0 Å². The van der Waals surface area contributed by atoms with Crippen LogP contribution in [0.25, 0.3) is 0 Å². The van der Waals surface area contributed by atoms with Crippen LogP contribution in [0, 0.1) is 0 Å². The van der Waals surface area contributed by atoms with Crippen LogP contribution in [0.4, 0.5) is 11.5 Å². The summed E-state index contributed by atoms with van der Waals surface area (Å²) in [6, 6.07) is 3.85. The highest BCUT2D eigenvalue weighted by Gasteiger charge is 2.21. The van der Waals surface area contributed by atoms with Crippen LogP contribution in [0.3, 0.4) is 0 Å². The van der Waals surface area contributed by atoms with Crippen LogP contribution in [0.1, 0.15) is 5.69 Å². The van der Waals surface area contributed by atoms with Crippen molar-refractivity contribution in [3.63, 3.8) is 0 Å². The second-order valence-electron chi connectivity index (χ2n) is 5.34. The number of anilines is 2. The summed E-state index contributed by atoms with van der Waals surface area (Å²) in [5.41, 5.74) is 1.81. The number of hydrogen-bond acceptors (Lipinski definition) is 6. The van der Waals surface area contributed by atoms with Gasteiger partial charge in [0.15, 0.2) is 11.0 Å². The van der Waals surface area contributed by atoms with Gasteiger partial charge in [-0.05, 0) is 12.1 Å². The molecule has 0 saturated carbocycles. The predicted molar refractivity (Wildman–Crippen MR) is 93.3 cm³/mol. The molecule has 8 heteroatoms. The molecule has 0 aromatic carbocycles. The van der Waals surface area contributed by atoms with Gasteiger partial charge in [0.05, 0.1) is 10.7 Å². The summed E-state index contributed by atoms with van der Waals surface area (Å²) in [6.07, 6.45) is 3.19. The van der Waals surface area contributed by atoms with Crippen LogP contribution >= 0.6 is 23.2 Å². The average molecular weight is 353 g/mol. The highest BCUT2D eigenvalue weighted by molar-refractivity contribution is 6.32. The third kappa shape index (κ3) is 3.83. The van der Waals surface area contributed by atoms with Crippen LogP contribution in [0.15, 0.2) is 24.7 Å². The summed E-state index contributed by atoms with van der Waals surface area (Å²) in [5.74, 6) is 0.858. The normalized spacial score (nSPS) is 15.7. The van der Waals surface area contributed by atoms with E-state index in [1.54, 1.807) is 6.20 Å². The molecule has 2 aromatic rings. The van der Waals surface area contributed by atoms with E-state index < -0.39 is 0 Å². The Bertz CT molecular complexity index is 656. The van der Waals surface area contributed by atoms with E-state index in [0.29, 0.717) is 10.2 Å². The highest BCUT2D eigenvalue weighted by Crippen LogP contribution is 2.29. The number of piperazine rings is 1. The number of aromatic nitrogens is 3. The minimum atomic E-state index is 0.449. The van der Waals surface area contributed by atoms with Crippen molar-refractivity contribution >= 4 is 34.7 Å². The van der Waals surface area contributed by atoms with Crippen LogP contribution in [0.2, 0.25) is 10.2 Å². The molecule has 2 aromatic heterocycles. The molecule has 0 bridgehead atoms. The van der Waals surface area contributed by atoms with Gasteiger partial charge in [-0.25, -0.2) is 9.97 Å². The number of halogens is 2. The molecule has 1 saturated heterocycles. The lowest BCUT2D eigenvalue weighted by Crippen LogP contribution is -2.46. The van der Waals surface area contributed by atoms with Crippen molar-refractivity contribution in [3.05, 3.63) is 40.5 Å². The number of hydrogen-bond donors (Lipinski definition) is 1. The molecule has 1 fully saturated rings. The number of pyridine rings is 1. The summed E-state index contributed by atoms with van der Waals surface area (Å²) >= 11 is 12.0. The maximum Gasteiger partial charge on any atom is 0.157 e. The van der Waals surface area contributed by atoms with E-state index in [1.165, 1.54) is 6.33 Å². The quantitative estimate of drug-likeness (QED) is 0.853. The van der Waals surface area contributed by atoms with Gasteiger partial charge in [0.2, 0.25) is 0 Å². The fraction of sp³-hybridized carbons (Fsp3) is 0.400. The maximum atomic E-state index is 6.13. The van der Waals surface area contributed by atoms with Crippen LogP contribution in [-0.2, 0) is 6.54 Å². The summed E-state index contributed by atoms with van der Waals surface area (Å²) in [4.78, 5) is 17.3. The molecule has 0 atom stereocenters. The Labute approximate surface area is 145 Å². The molecular formula is C15H18Cl2N6. The lowest BCUT2D eigenvalue weighted by Gasteiger charge is -2.35. The second kappa shape index (κ2) is 7.29. The number of nitrogens with one attached hydrogen (secondary N) is 1. The lowest BCUT2D eigenvalue weighted by molar-refractivity contribution is 0.246. The number of rotatable bonds is 4. The molecule has 23 heavy (non-hydrogen) atoms. The van der Waals surface area contributed by atoms with Gasteiger partial charge in [0.25, 0.3) is 0 Å². The lowest BCUT2D eigenvalue weighted by atomic mass is 10.2. The summed E-state index contributed by atoms with van der Waals surface area (Å²) in [5, 5.41) is 4.20. The molecule has 0 unspecified atom stereocenters. The molecule has 0 aliphatic carbocycles. The molecular weight excluding hydrogens is 335 g/mol. The largest absolute Gasteiger partial charge is 0.383 e. The van der Waals surface area contributed by atoms with Gasteiger partial charge in [0, 0.05) is 46.0 Å². The first-order valence-corrected chi connectivity index (χ1v) is 8.19. The molecule has 0 spiro atoms. The SMILES string of the molecule is CNc1c(Cl)ncnc1N1CCN(Cc2ccc(Cl)cn2)CC1. The molecule has 3 heterocycles. The summed E-state index contributed by atoms with van der Waals surface area (Å²) in [7, 11) is 1.83. The Morgan fingerprint density at radius 1 is 1.09 bits per heavy atom. The smallest absolute Gasteiger partial charge is 0.157 e. The van der Waals surface area contributed by atoms with Gasteiger partial charge in [0.1, 0.15) is 12.0 Å². The Morgan fingerprint density at radius 3 is 2.52 bits per heavy atom. The van der Waals surface area contributed by atoms with E-state index in [0.717, 1.165) is 49.9 Å². The van der Waals surface area contributed by atoms with Crippen molar-refractivity contribution in [2.45, 2.75) is 6.54 Å². The van der Waals surface area contributed by atoms with Crippen molar-refractivity contribution in [1.29, 1.82) is 0 Å². The fourth-order valence-corrected chi connectivity index (χ4v) is 2.99. The molecule has 3 rings (SSSR count). The van der Waals surface area contributed by atoms with E-state index in [-0.39, 0.29) is 0 Å². The first-order chi connectivity index (χ1) is 11.2. The Hall–Kier alpha value is -1.63. The van der Waals surface area contributed by atoms with Crippen molar-refractivity contribution in [3.8, 4) is 0 Å². The van der Waals surface area contributed by atoms with Gasteiger partial charge in [-0.15, -0.1) is 0 Å². The van der Waals surface area contributed by atoms with Gasteiger partial charge >= 0.3 is 0 Å². The van der Waals surface area contributed by atoms with E-state index in [1.807, 2.05) is 19.2 Å². The van der Waals surface area contributed by atoms with E-state index in [2.05, 4.69) is 30.1 Å². The van der Waals surface area contributed by atoms with Crippen LogP contribution in [-0.4, -0.2) is 53.1 Å². The first kappa shape index (κ1) is 16.2. The summed E-state index contributed by atoms with van der Waals surface area (Å²) in [6.45, 7) is 4.48. The Balaban J connectivity index is 1.62. The molecule has 1 aliphatic rings. The zero-order valence-corrected chi connectivity index (χ0v) is 14.3. The molecule has 6 nitrogen and oxygen atoms in total. The van der Waals surface area contributed by atoms with Crippen LogP contribution < -0.4 is 10.2 Å². The van der Waals surface area contributed by atoms with Crippen molar-refractivity contribution in [2.24, 2.45) is 0 Å². The van der Waals surface area contributed by atoms with Gasteiger partial charge < -0.3 is 10.2 Å². The summed E-state index contributed by atoms with van der Waals surface area (Å²) < 4.78 is 0. The Kier molecular flexibility index (Phi) is 5.15. The average Bonchev–Trinajstić information content (AvgIpc) is 2.57. The second-order valence-corrected chi connectivity index (χ2v) is 6.14. The molecule has 122 valence electrons. The standard InChI is InChI=1S/C15H18Cl2N6/c1-18-13-14(17)20-10-21-15(13)23-6-4-22(5-7-23)9-12-3-2-11(16)8-19-12/h2-3,8,10,18H,4-7,9H2,1H3. The topological polar surface area (TPSA) is 57.2 Å². The molecule has 0 radical (unpaired) electrons. The highest BCUT2D eigenvalue weighted by atomic mass is 35.5. The third-order valence-corrected chi connectivity index (χ3v) is 4.39. The third-order valence-electron chi connectivity index (χ3n) is 3.88. The zero-order chi connectivity index (χ0) is 16.2. The monoisotopic (exact) mass is 352 g/mol. The first-order valence-electron chi connectivity index (χ1n) is 7.43. The Morgan fingerprint density at radius 2 is 1.87 bits per heavy atom. The van der Waals surface area contributed by atoms with Gasteiger partial charge in [-0.2, -0.15) is 0 Å². The minimum absolute atomic E-state index is 0.449. The van der Waals surface area contributed by atoms with Crippen LogP contribution in [0.5, 0.6) is 0 Å². The molecule has 1 aliphatic heterocycles. The fourth-order valence-electron chi connectivity index (χ4n) is 2.66. The zero-order valence-electron chi connectivity index (χ0n) is 12.8. The van der Waals surface area contributed by atoms with Crippen molar-refractivity contribution in [2.75, 3.05) is 43.4 Å². The molecule has 1 N–H and O–H groups in total. The van der Waals surface area contributed by atoms with E-state index in [4.69, 9.17) is 23.2 Å². The minimum Gasteiger partial charge on any atom is -0.383 e. The van der Waals surface area contributed by atoms with Crippen molar-refractivity contribution in [1.82, 2.24) is 19.9 Å². The predicted octanol–water partition coefficient (Wildman–Crippen LogP) is 2.54.